The number of thiazole rings is 1. The molecule has 0 atom stereocenters. The summed E-state index contributed by atoms with van der Waals surface area (Å²) in [5, 5.41) is 4.33. The van der Waals surface area contributed by atoms with Crippen LogP contribution in [0.4, 0.5) is 4.39 Å². The van der Waals surface area contributed by atoms with Gasteiger partial charge in [0.05, 0.1) is 10.6 Å². The highest BCUT2D eigenvalue weighted by molar-refractivity contribution is 7.15. The normalized spacial score (nSPS) is 10.8. The van der Waals surface area contributed by atoms with Crippen molar-refractivity contribution in [1.82, 2.24) is 15.3 Å². The molecule has 2 aromatic heterocycles. The van der Waals surface area contributed by atoms with Gasteiger partial charge in [-0.05, 0) is 36.8 Å². The summed E-state index contributed by atoms with van der Waals surface area (Å²) < 4.78 is 12.8. The number of hydrogen-bond donors (Lipinski definition) is 1. The Morgan fingerprint density at radius 3 is 2.68 bits per heavy atom. The number of hydrogen-bond acceptors (Lipinski definition) is 4. The Hall–Kier alpha value is -2.11. The first-order chi connectivity index (χ1) is 10.7. The SMILES string of the molecule is Cc1cccc(-c2cnc(CNCc3ccc(F)cc3)s2)n1. The van der Waals surface area contributed by atoms with Gasteiger partial charge in [0.2, 0.25) is 0 Å². The van der Waals surface area contributed by atoms with Gasteiger partial charge in [0.25, 0.3) is 0 Å². The van der Waals surface area contributed by atoms with Crippen LogP contribution in [0.25, 0.3) is 10.6 Å². The Kier molecular flexibility index (Phi) is 4.56. The molecule has 112 valence electrons. The van der Waals surface area contributed by atoms with Gasteiger partial charge in [0, 0.05) is 25.0 Å². The van der Waals surface area contributed by atoms with E-state index in [4.69, 9.17) is 0 Å². The second-order valence-electron chi connectivity index (χ2n) is 5.01. The molecule has 2 heterocycles. The molecule has 3 aromatic rings. The van der Waals surface area contributed by atoms with Gasteiger partial charge in [0.1, 0.15) is 10.8 Å². The summed E-state index contributed by atoms with van der Waals surface area (Å²) in [5.41, 5.74) is 3.02. The maximum absolute atomic E-state index is 12.8. The van der Waals surface area contributed by atoms with Crippen molar-refractivity contribution in [2.75, 3.05) is 0 Å². The summed E-state index contributed by atoms with van der Waals surface area (Å²) in [7, 11) is 0. The number of pyridine rings is 1. The van der Waals surface area contributed by atoms with Gasteiger partial charge in [-0.2, -0.15) is 0 Å². The minimum atomic E-state index is -0.209. The van der Waals surface area contributed by atoms with Crippen LogP contribution in [0.2, 0.25) is 0 Å². The topological polar surface area (TPSA) is 37.8 Å². The molecule has 0 fully saturated rings. The molecule has 5 heteroatoms. The summed E-state index contributed by atoms with van der Waals surface area (Å²) in [6.45, 7) is 3.36. The van der Waals surface area contributed by atoms with E-state index >= 15 is 0 Å². The number of nitrogens with one attached hydrogen (secondary N) is 1. The average Bonchev–Trinajstić information content (AvgIpc) is 2.98. The van der Waals surface area contributed by atoms with Crippen molar-refractivity contribution in [3.63, 3.8) is 0 Å². The van der Waals surface area contributed by atoms with Gasteiger partial charge in [-0.3, -0.25) is 4.98 Å². The monoisotopic (exact) mass is 313 g/mol. The smallest absolute Gasteiger partial charge is 0.123 e. The third-order valence-electron chi connectivity index (χ3n) is 3.21. The molecule has 0 aliphatic carbocycles. The molecule has 0 aliphatic rings. The van der Waals surface area contributed by atoms with E-state index < -0.39 is 0 Å². The minimum Gasteiger partial charge on any atom is -0.306 e. The molecule has 3 rings (SSSR count). The molecule has 0 amide bonds. The zero-order chi connectivity index (χ0) is 15.4. The largest absolute Gasteiger partial charge is 0.306 e. The van der Waals surface area contributed by atoms with E-state index in [0.29, 0.717) is 13.1 Å². The van der Waals surface area contributed by atoms with E-state index in [1.807, 2.05) is 31.3 Å². The van der Waals surface area contributed by atoms with Crippen molar-refractivity contribution in [3.8, 4) is 10.6 Å². The third kappa shape index (κ3) is 3.75. The van der Waals surface area contributed by atoms with Crippen LogP contribution in [0.1, 0.15) is 16.3 Å². The Balaban J connectivity index is 1.59. The number of rotatable bonds is 5. The van der Waals surface area contributed by atoms with Crippen molar-refractivity contribution in [2.24, 2.45) is 0 Å². The lowest BCUT2D eigenvalue weighted by atomic mass is 10.2. The highest BCUT2D eigenvalue weighted by atomic mass is 32.1. The van der Waals surface area contributed by atoms with Crippen molar-refractivity contribution < 1.29 is 4.39 Å². The lowest BCUT2D eigenvalue weighted by Gasteiger charge is -2.02. The predicted molar refractivity (Wildman–Crippen MR) is 87.0 cm³/mol. The van der Waals surface area contributed by atoms with Crippen LogP contribution < -0.4 is 5.32 Å². The van der Waals surface area contributed by atoms with Gasteiger partial charge in [-0.25, -0.2) is 9.37 Å². The Morgan fingerprint density at radius 1 is 1.09 bits per heavy atom. The van der Waals surface area contributed by atoms with Gasteiger partial charge in [0.15, 0.2) is 0 Å². The molecule has 1 N–H and O–H groups in total. The second kappa shape index (κ2) is 6.77. The van der Waals surface area contributed by atoms with Crippen molar-refractivity contribution >= 4 is 11.3 Å². The number of aryl methyl sites for hydroxylation is 1. The Labute approximate surface area is 132 Å². The van der Waals surface area contributed by atoms with Crippen LogP contribution in [0.5, 0.6) is 0 Å². The van der Waals surface area contributed by atoms with Gasteiger partial charge in [-0.1, -0.05) is 18.2 Å². The lowest BCUT2D eigenvalue weighted by molar-refractivity contribution is 0.625. The molecule has 3 nitrogen and oxygen atoms in total. The summed E-state index contributed by atoms with van der Waals surface area (Å²) in [4.78, 5) is 10.0. The van der Waals surface area contributed by atoms with E-state index in [9.17, 15) is 4.39 Å². The van der Waals surface area contributed by atoms with E-state index in [1.54, 1.807) is 23.5 Å². The number of halogens is 1. The number of nitrogens with zero attached hydrogens (tertiary/aromatic N) is 2. The molecular weight excluding hydrogens is 297 g/mol. The molecule has 22 heavy (non-hydrogen) atoms. The summed E-state index contributed by atoms with van der Waals surface area (Å²) in [6, 6.07) is 12.5. The fraction of sp³-hybridized carbons (Fsp3) is 0.176. The Bertz CT molecular complexity index is 753. The fourth-order valence-electron chi connectivity index (χ4n) is 2.11. The van der Waals surface area contributed by atoms with Gasteiger partial charge in [-0.15, -0.1) is 11.3 Å². The van der Waals surface area contributed by atoms with Crippen LogP contribution >= 0.6 is 11.3 Å². The fourth-order valence-corrected chi connectivity index (χ4v) is 2.96. The van der Waals surface area contributed by atoms with E-state index in [2.05, 4.69) is 15.3 Å². The zero-order valence-electron chi connectivity index (χ0n) is 12.2. The highest BCUT2D eigenvalue weighted by Gasteiger charge is 2.05. The zero-order valence-corrected chi connectivity index (χ0v) is 13.0. The van der Waals surface area contributed by atoms with Crippen LogP contribution in [0, 0.1) is 12.7 Å². The molecule has 0 saturated carbocycles. The van der Waals surface area contributed by atoms with Gasteiger partial charge < -0.3 is 5.32 Å². The second-order valence-corrected chi connectivity index (χ2v) is 6.13. The van der Waals surface area contributed by atoms with Crippen molar-refractivity contribution in [1.29, 1.82) is 0 Å². The molecule has 0 aliphatic heterocycles. The van der Waals surface area contributed by atoms with E-state index in [0.717, 1.165) is 26.8 Å². The molecule has 0 spiro atoms. The highest BCUT2D eigenvalue weighted by Crippen LogP contribution is 2.24. The molecule has 0 unspecified atom stereocenters. The van der Waals surface area contributed by atoms with Crippen molar-refractivity contribution in [3.05, 3.63) is 70.7 Å². The van der Waals surface area contributed by atoms with Gasteiger partial charge >= 0.3 is 0 Å². The third-order valence-corrected chi connectivity index (χ3v) is 4.23. The van der Waals surface area contributed by atoms with Crippen LogP contribution in [0.15, 0.2) is 48.7 Å². The summed E-state index contributed by atoms with van der Waals surface area (Å²) >= 11 is 1.64. The minimum absolute atomic E-state index is 0.209. The Morgan fingerprint density at radius 2 is 1.91 bits per heavy atom. The first kappa shape index (κ1) is 14.8. The van der Waals surface area contributed by atoms with E-state index in [-0.39, 0.29) is 5.82 Å². The number of benzene rings is 1. The standard InChI is InChI=1S/C17H16FN3S/c1-12-3-2-4-15(21-12)16-10-20-17(22-16)11-19-9-13-5-7-14(18)8-6-13/h2-8,10,19H,9,11H2,1H3. The van der Waals surface area contributed by atoms with Crippen LogP contribution in [0.3, 0.4) is 0 Å². The molecule has 0 saturated heterocycles. The first-order valence-corrected chi connectivity index (χ1v) is 7.86. The number of aromatic nitrogens is 2. The molecular formula is C17H16FN3S. The quantitative estimate of drug-likeness (QED) is 0.775. The lowest BCUT2D eigenvalue weighted by Crippen LogP contribution is -2.12. The molecule has 0 radical (unpaired) electrons. The maximum atomic E-state index is 12.8. The van der Waals surface area contributed by atoms with Crippen LogP contribution in [-0.2, 0) is 13.1 Å². The van der Waals surface area contributed by atoms with E-state index in [1.165, 1.54) is 12.1 Å². The first-order valence-electron chi connectivity index (χ1n) is 7.04. The van der Waals surface area contributed by atoms with Crippen molar-refractivity contribution in [2.45, 2.75) is 20.0 Å². The average molecular weight is 313 g/mol. The summed E-state index contributed by atoms with van der Waals surface area (Å²) in [6.07, 6.45) is 1.86. The predicted octanol–water partition coefficient (Wildman–Crippen LogP) is 3.94. The maximum Gasteiger partial charge on any atom is 0.123 e. The van der Waals surface area contributed by atoms with Crippen LogP contribution in [-0.4, -0.2) is 9.97 Å². The summed E-state index contributed by atoms with van der Waals surface area (Å²) in [5.74, 6) is -0.209. The molecule has 1 aromatic carbocycles. The molecule has 0 bridgehead atoms.